The first-order chi connectivity index (χ1) is 8.69. The Bertz CT molecular complexity index is 381. The Kier molecular flexibility index (Phi) is 8.92. The maximum Gasteiger partial charge on any atom is 0.227 e. The normalized spacial score (nSPS) is 11.3. The molecule has 0 aliphatic carbocycles. The Morgan fingerprint density at radius 1 is 1.42 bits per heavy atom. The fourth-order valence-electron chi connectivity index (χ4n) is 1.90. The highest BCUT2D eigenvalue weighted by atomic mass is 35.5. The summed E-state index contributed by atoms with van der Waals surface area (Å²) in [5.41, 5.74) is 1.14. The van der Waals surface area contributed by atoms with Gasteiger partial charge in [0.05, 0.1) is 0 Å². The molecular weight excluding hydrogens is 260 g/mol. The molecule has 4 heteroatoms. The van der Waals surface area contributed by atoms with Crippen LogP contribution in [-0.4, -0.2) is 30.9 Å². The zero-order valence-electron chi connectivity index (χ0n) is 11.6. The third-order valence-electron chi connectivity index (χ3n) is 2.81. The van der Waals surface area contributed by atoms with Gasteiger partial charge in [-0.1, -0.05) is 43.3 Å². The average molecular weight is 283 g/mol. The molecule has 0 aliphatic heterocycles. The van der Waals surface area contributed by atoms with Gasteiger partial charge in [0.25, 0.3) is 0 Å². The summed E-state index contributed by atoms with van der Waals surface area (Å²) in [5, 5.41) is 3.04. The number of hydrogen-bond donors (Lipinski definition) is 1. The van der Waals surface area contributed by atoms with Crippen molar-refractivity contribution < 1.29 is 4.79 Å². The molecule has 0 saturated heterocycles. The Balaban J connectivity index is 0.00000324. The topological polar surface area (TPSA) is 32.3 Å². The van der Waals surface area contributed by atoms with Gasteiger partial charge in [0.2, 0.25) is 5.91 Å². The highest BCUT2D eigenvalue weighted by Gasteiger charge is 2.18. The molecule has 1 aromatic rings. The van der Waals surface area contributed by atoms with Crippen molar-refractivity contribution in [3.8, 4) is 0 Å². The number of hydrogen-bond acceptors (Lipinski definition) is 2. The lowest BCUT2D eigenvalue weighted by Gasteiger charge is -2.24. The Morgan fingerprint density at radius 3 is 2.58 bits per heavy atom. The largest absolute Gasteiger partial charge is 0.334 e. The van der Waals surface area contributed by atoms with Gasteiger partial charge in [-0.15, -0.1) is 19.0 Å². The number of carbonyl (C=O) groups is 1. The van der Waals surface area contributed by atoms with E-state index >= 15 is 0 Å². The van der Waals surface area contributed by atoms with Gasteiger partial charge in [0, 0.05) is 25.6 Å². The van der Waals surface area contributed by atoms with Gasteiger partial charge in [0.1, 0.15) is 0 Å². The SMILES string of the molecule is C=CCN(Cc1ccccc1)C(=O)C(C)CNC.Cl. The summed E-state index contributed by atoms with van der Waals surface area (Å²) in [6, 6.07) is 10.0. The highest BCUT2D eigenvalue weighted by molar-refractivity contribution is 5.85. The molecule has 106 valence electrons. The average Bonchev–Trinajstić information content (AvgIpc) is 2.39. The van der Waals surface area contributed by atoms with E-state index in [0.717, 1.165) is 5.56 Å². The summed E-state index contributed by atoms with van der Waals surface area (Å²) in [4.78, 5) is 14.1. The van der Waals surface area contributed by atoms with Crippen molar-refractivity contribution in [1.82, 2.24) is 10.2 Å². The van der Waals surface area contributed by atoms with Gasteiger partial charge in [-0.25, -0.2) is 0 Å². The van der Waals surface area contributed by atoms with Crippen LogP contribution in [0.4, 0.5) is 0 Å². The predicted octanol–water partition coefficient (Wildman–Crippen LogP) is 2.48. The summed E-state index contributed by atoms with van der Waals surface area (Å²) in [5.74, 6) is 0.145. The van der Waals surface area contributed by atoms with Crippen LogP contribution in [0.3, 0.4) is 0 Å². The van der Waals surface area contributed by atoms with Gasteiger partial charge in [-0.3, -0.25) is 4.79 Å². The lowest BCUT2D eigenvalue weighted by atomic mass is 10.1. The molecule has 1 atom stereocenters. The van der Waals surface area contributed by atoms with Crippen LogP contribution in [-0.2, 0) is 11.3 Å². The first-order valence-electron chi connectivity index (χ1n) is 6.27. The number of amides is 1. The molecule has 1 N–H and O–H groups in total. The number of halogens is 1. The van der Waals surface area contributed by atoms with E-state index in [1.54, 1.807) is 6.08 Å². The maximum atomic E-state index is 12.3. The molecule has 0 fully saturated rings. The predicted molar refractivity (Wildman–Crippen MR) is 82.4 cm³/mol. The minimum atomic E-state index is -0.0151. The van der Waals surface area contributed by atoms with Crippen molar-refractivity contribution in [2.75, 3.05) is 20.1 Å². The van der Waals surface area contributed by atoms with Gasteiger partial charge < -0.3 is 10.2 Å². The van der Waals surface area contributed by atoms with Crippen LogP contribution in [0.2, 0.25) is 0 Å². The zero-order valence-corrected chi connectivity index (χ0v) is 12.5. The van der Waals surface area contributed by atoms with Crippen molar-refractivity contribution in [2.24, 2.45) is 5.92 Å². The lowest BCUT2D eigenvalue weighted by molar-refractivity contribution is -0.134. The highest BCUT2D eigenvalue weighted by Crippen LogP contribution is 2.08. The molecule has 1 amide bonds. The van der Waals surface area contributed by atoms with Gasteiger partial charge in [-0.2, -0.15) is 0 Å². The van der Waals surface area contributed by atoms with Crippen LogP contribution in [0, 0.1) is 5.92 Å². The number of rotatable bonds is 7. The molecule has 0 bridgehead atoms. The zero-order chi connectivity index (χ0) is 13.4. The van der Waals surface area contributed by atoms with Crippen LogP contribution in [0.1, 0.15) is 12.5 Å². The van der Waals surface area contributed by atoms with Crippen molar-refractivity contribution in [3.63, 3.8) is 0 Å². The second-order valence-electron chi connectivity index (χ2n) is 4.45. The van der Waals surface area contributed by atoms with E-state index in [1.165, 1.54) is 0 Å². The second kappa shape index (κ2) is 9.59. The van der Waals surface area contributed by atoms with Crippen LogP contribution >= 0.6 is 12.4 Å². The van der Waals surface area contributed by atoms with Crippen LogP contribution < -0.4 is 5.32 Å². The number of nitrogens with one attached hydrogen (secondary N) is 1. The Hall–Kier alpha value is -1.32. The molecule has 19 heavy (non-hydrogen) atoms. The van der Waals surface area contributed by atoms with Crippen molar-refractivity contribution >= 4 is 18.3 Å². The van der Waals surface area contributed by atoms with Crippen LogP contribution in [0.15, 0.2) is 43.0 Å². The molecular formula is C15H23ClN2O. The van der Waals surface area contributed by atoms with E-state index in [9.17, 15) is 4.79 Å². The quantitative estimate of drug-likeness (QED) is 0.779. The smallest absolute Gasteiger partial charge is 0.227 e. The van der Waals surface area contributed by atoms with E-state index in [-0.39, 0.29) is 24.2 Å². The molecule has 0 aliphatic rings. The van der Waals surface area contributed by atoms with E-state index in [4.69, 9.17) is 0 Å². The number of carbonyl (C=O) groups excluding carboxylic acids is 1. The summed E-state index contributed by atoms with van der Waals surface area (Å²) in [6.45, 7) is 7.58. The summed E-state index contributed by atoms with van der Waals surface area (Å²) < 4.78 is 0. The molecule has 0 aromatic heterocycles. The molecule has 0 radical (unpaired) electrons. The standard InChI is InChI=1S/C15H22N2O.ClH/c1-4-10-17(15(18)13(2)11-16-3)12-14-8-6-5-7-9-14;/h4-9,13,16H,1,10-12H2,2-3H3;1H. The Labute approximate surface area is 122 Å². The Morgan fingerprint density at radius 2 is 2.05 bits per heavy atom. The number of benzene rings is 1. The molecule has 3 nitrogen and oxygen atoms in total. The van der Waals surface area contributed by atoms with E-state index in [2.05, 4.69) is 11.9 Å². The van der Waals surface area contributed by atoms with Crippen molar-refractivity contribution in [1.29, 1.82) is 0 Å². The molecule has 1 rings (SSSR count). The third kappa shape index (κ3) is 5.90. The van der Waals surface area contributed by atoms with E-state index < -0.39 is 0 Å². The van der Waals surface area contributed by atoms with Crippen molar-refractivity contribution in [2.45, 2.75) is 13.5 Å². The van der Waals surface area contributed by atoms with Gasteiger partial charge in [0.15, 0.2) is 0 Å². The number of nitrogens with zero attached hydrogens (tertiary/aromatic N) is 1. The maximum absolute atomic E-state index is 12.3. The van der Waals surface area contributed by atoms with Crippen LogP contribution in [0.25, 0.3) is 0 Å². The van der Waals surface area contributed by atoms with E-state index in [0.29, 0.717) is 19.6 Å². The minimum Gasteiger partial charge on any atom is -0.334 e. The molecule has 1 aromatic carbocycles. The summed E-state index contributed by atoms with van der Waals surface area (Å²) in [6.07, 6.45) is 1.77. The molecule has 1 unspecified atom stereocenters. The monoisotopic (exact) mass is 282 g/mol. The lowest BCUT2D eigenvalue weighted by Crippen LogP contribution is -2.38. The van der Waals surface area contributed by atoms with E-state index in [1.807, 2.05) is 49.2 Å². The molecule has 0 spiro atoms. The molecule has 0 heterocycles. The fourth-order valence-corrected chi connectivity index (χ4v) is 1.90. The van der Waals surface area contributed by atoms with Gasteiger partial charge >= 0.3 is 0 Å². The minimum absolute atomic E-state index is 0. The third-order valence-corrected chi connectivity index (χ3v) is 2.81. The summed E-state index contributed by atoms with van der Waals surface area (Å²) in [7, 11) is 1.86. The second-order valence-corrected chi connectivity index (χ2v) is 4.45. The van der Waals surface area contributed by atoms with Crippen LogP contribution in [0.5, 0.6) is 0 Å². The van der Waals surface area contributed by atoms with Crippen molar-refractivity contribution in [3.05, 3.63) is 48.6 Å². The first kappa shape index (κ1) is 17.7. The fraction of sp³-hybridized carbons (Fsp3) is 0.400. The summed E-state index contributed by atoms with van der Waals surface area (Å²) >= 11 is 0. The molecule has 0 saturated carbocycles. The van der Waals surface area contributed by atoms with Gasteiger partial charge in [-0.05, 0) is 12.6 Å². The first-order valence-corrected chi connectivity index (χ1v) is 6.27.